The predicted molar refractivity (Wildman–Crippen MR) is 137 cm³/mol. The van der Waals surface area contributed by atoms with E-state index in [1.54, 1.807) is 0 Å². The SMILES string of the molecule is Brc1cccc2c1C(c1ccccc1)[C-]=C2.[C-]1=Cc2c3cccc2C1c1ccc(cc1)S3.[F-].[F-].[Zr+4]. The summed E-state index contributed by atoms with van der Waals surface area (Å²) in [4.78, 5) is 2.66. The zero-order valence-corrected chi connectivity index (χ0v) is 23.4. The molecule has 0 radical (unpaired) electrons. The zero-order valence-electron chi connectivity index (χ0n) is 18.5. The molecule has 2 aliphatic heterocycles. The van der Waals surface area contributed by atoms with E-state index in [-0.39, 0.29) is 41.5 Å². The van der Waals surface area contributed by atoms with Crippen LogP contribution < -0.4 is 9.41 Å². The van der Waals surface area contributed by atoms with Crippen molar-refractivity contribution in [1.82, 2.24) is 0 Å². The normalized spacial score (nSPS) is 16.8. The van der Waals surface area contributed by atoms with E-state index in [0.717, 1.165) is 0 Å². The van der Waals surface area contributed by atoms with E-state index in [2.05, 4.69) is 125 Å². The quantitative estimate of drug-likeness (QED) is 0.295. The minimum Gasteiger partial charge on any atom is -1.00 e. The van der Waals surface area contributed by atoms with Crippen molar-refractivity contribution in [2.24, 2.45) is 0 Å². The Balaban J connectivity index is 0.000000180. The van der Waals surface area contributed by atoms with Crippen LogP contribution in [0.15, 0.2) is 105 Å². The van der Waals surface area contributed by atoms with Gasteiger partial charge in [0.15, 0.2) is 0 Å². The number of hydrogen-bond donors (Lipinski definition) is 0. The largest absolute Gasteiger partial charge is 4.00 e. The number of fused-ring (bicyclic) bond motifs is 3. The fourth-order valence-corrected chi connectivity index (χ4v) is 6.16. The number of hydrogen-bond acceptors (Lipinski definition) is 1. The van der Waals surface area contributed by atoms with Crippen LogP contribution in [0.4, 0.5) is 0 Å². The number of benzene rings is 4. The van der Waals surface area contributed by atoms with Gasteiger partial charge in [0.2, 0.25) is 0 Å². The summed E-state index contributed by atoms with van der Waals surface area (Å²) < 4.78 is 1.17. The first-order chi connectivity index (χ1) is 15.8. The van der Waals surface area contributed by atoms with Crippen LogP contribution >= 0.6 is 27.7 Å². The van der Waals surface area contributed by atoms with E-state index in [1.165, 1.54) is 47.6 Å². The first kappa shape index (κ1) is 27.5. The molecular formula is C30H19BrF2SZr. The summed E-state index contributed by atoms with van der Waals surface area (Å²) in [6.45, 7) is 0. The summed E-state index contributed by atoms with van der Waals surface area (Å²) in [6.07, 6.45) is 11.1. The van der Waals surface area contributed by atoms with Gasteiger partial charge < -0.3 is 9.41 Å². The standard InChI is InChI=1S/C15H10Br.C15H9S.2FH.Zr/c16-14-8-4-7-12-9-10-13(15(12)14)11-5-2-1-3-6-11;1-2-13-12-8-9-14(13)15(3-1)16-11-6-4-10(12)5-7-11;;;/h1-9,13H;1-7,9,12H;2*1H;/q2*-1;;;+4/p-2. The van der Waals surface area contributed by atoms with Gasteiger partial charge in [-0.1, -0.05) is 117 Å². The van der Waals surface area contributed by atoms with Crippen molar-refractivity contribution in [3.8, 4) is 0 Å². The Hall–Kier alpha value is -2.07. The zero-order chi connectivity index (χ0) is 21.5. The van der Waals surface area contributed by atoms with Crippen LogP contribution in [0.5, 0.6) is 0 Å². The monoisotopic (exact) mass is 618 g/mol. The van der Waals surface area contributed by atoms with E-state index < -0.39 is 0 Å². The topological polar surface area (TPSA) is 0 Å². The van der Waals surface area contributed by atoms with Gasteiger partial charge in [0.1, 0.15) is 0 Å². The molecule has 4 aliphatic rings. The van der Waals surface area contributed by atoms with Crippen molar-refractivity contribution in [3.05, 3.63) is 141 Å². The molecule has 0 amide bonds. The van der Waals surface area contributed by atoms with Crippen molar-refractivity contribution >= 4 is 39.8 Å². The predicted octanol–water partition coefficient (Wildman–Crippen LogP) is 2.53. The molecule has 0 nitrogen and oxygen atoms in total. The number of rotatable bonds is 1. The Kier molecular flexibility index (Phi) is 9.26. The van der Waals surface area contributed by atoms with E-state index in [4.69, 9.17) is 0 Å². The van der Waals surface area contributed by atoms with Gasteiger partial charge in [0.05, 0.1) is 0 Å². The molecule has 0 saturated carbocycles. The maximum atomic E-state index is 3.62. The molecule has 0 N–H and O–H groups in total. The smallest absolute Gasteiger partial charge is 1.00 e. The van der Waals surface area contributed by atoms with Crippen molar-refractivity contribution in [3.63, 3.8) is 0 Å². The molecule has 0 fully saturated rings. The van der Waals surface area contributed by atoms with Gasteiger partial charge in [-0.25, -0.2) is 12.2 Å². The van der Waals surface area contributed by atoms with Crippen LogP contribution in [-0.2, 0) is 26.2 Å². The van der Waals surface area contributed by atoms with E-state index in [0.29, 0.717) is 5.92 Å². The molecule has 0 saturated heterocycles. The number of halogens is 3. The molecular weight excluding hydrogens is 602 g/mol. The maximum absolute atomic E-state index is 3.62. The average Bonchev–Trinajstić information content (AvgIpc) is 3.48. The Morgan fingerprint density at radius 1 is 0.657 bits per heavy atom. The molecule has 35 heavy (non-hydrogen) atoms. The van der Waals surface area contributed by atoms with E-state index in [1.807, 2.05) is 17.8 Å². The minimum atomic E-state index is 0. The van der Waals surface area contributed by atoms with Gasteiger partial charge in [-0.15, -0.1) is 29.0 Å². The van der Waals surface area contributed by atoms with Crippen LogP contribution in [0.1, 0.15) is 45.2 Å². The van der Waals surface area contributed by atoms with Gasteiger partial charge in [0.25, 0.3) is 0 Å². The summed E-state index contributed by atoms with van der Waals surface area (Å²) in [7, 11) is 0. The van der Waals surface area contributed by atoms with Crippen LogP contribution in [-0.4, -0.2) is 0 Å². The molecule has 6 bridgehead atoms. The van der Waals surface area contributed by atoms with E-state index in [9.17, 15) is 0 Å². The Morgan fingerprint density at radius 2 is 1.34 bits per heavy atom. The molecule has 0 aromatic heterocycles. The molecule has 4 aromatic rings. The number of allylic oxidation sites excluding steroid dienone is 2. The third-order valence-electron chi connectivity index (χ3n) is 6.16. The van der Waals surface area contributed by atoms with Crippen LogP contribution in [0.25, 0.3) is 12.2 Å². The van der Waals surface area contributed by atoms with Gasteiger partial charge in [-0.2, -0.15) is 11.1 Å². The maximum Gasteiger partial charge on any atom is 4.00 e. The summed E-state index contributed by atoms with van der Waals surface area (Å²) in [5.74, 6) is 0.606. The minimum absolute atomic E-state index is 0. The summed E-state index contributed by atoms with van der Waals surface area (Å²) >= 11 is 5.47. The molecule has 5 heteroatoms. The molecule has 2 aliphatic carbocycles. The Morgan fingerprint density at radius 3 is 2.11 bits per heavy atom. The summed E-state index contributed by atoms with van der Waals surface area (Å²) in [5.41, 5.74) is 8.00. The third-order valence-corrected chi connectivity index (χ3v) is 7.94. The molecule has 4 aromatic carbocycles. The molecule has 2 heterocycles. The van der Waals surface area contributed by atoms with Crippen molar-refractivity contribution in [2.75, 3.05) is 0 Å². The first-order valence-corrected chi connectivity index (χ1v) is 12.3. The van der Waals surface area contributed by atoms with Crippen LogP contribution in [0, 0.1) is 12.2 Å². The van der Waals surface area contributed by atoms with Gasteiger partial charge >= 0.3 is 26.2 Å². The molecule has 8 rings (SSSR count). The third kappa shape index (κ3) is 5.23. The van der Waals surface area contributed by atoms with Crippen LogP contribution in [0.3, 0.4) is 0 Å². The van der Waals surface area contributed by atoms with Gasteiger partial charge in [0, 0.05) is 9.37 Å². The fraction of sp³-hybridized carbons (Fsp3) is 0.0667. The van der Waals surface area contributed by atoms with Crippen molar-refractivity contribution in [1.29, 1.82) is 0 Å². The Labute approximate surface area is 236 Å². The van der Waals surface area contributed by atoms with Crippen molar-refractivity contribution in [2.45, 2.75) is 21.6 Å². The van der Waals surface area contributed by atoms with E-state index >= 15 is 0 Å². The molecule has 170 valence electrons. The first-order valence-electron chi connectivity index (χ1n) is 10.7. The second-order valence-corrected chi connectivity index (χ2v) is 10.0. The summed E-state index contributed by atoms with van der Waals surface area (Å²) in [5, 5.41) is 0. The average molecular weight is 621 g/mol. The van der Waals surface area contributed by atoms with Crippen molar-refractivity contribution < 1.29 is 35.6 Å². The Bertz CT molecular complexity index is 1370. The molecule has 2 unspecified atom stereocenters. The summed E-state index contributed by atoms with van der Waals surface area (Å²) in [6, 6.07) is 32.2. The molecule has 0 spiro atoms. The van der Waals surface area contributed by atoms with Crippen LogP contribution in [0.2, 0.25) is 0 Å². The van der Waals surface area contributed by atoms with Gasteiger partial charge in [-0.3, -0.25) is 12.2 Å². The second-order valence-electron chi connectivity index (χ2n) is 8.07. The second kappa shape index (κ2) is 11.8. The molecule has 2 atom stereocenters. The fourth-order valence-electron chi connectivity index (χ4n) is 4.59. The van der Waals surface area contributed by atoms with Gasteiger partial charge in [-0.05, 0) is 12.1 Å².